The second-order valence-electron chi connectivity index (χ2n) is 5.87. The minimum atomic E-state index is -0.485. The van der Waals surface area contributed by atoms with E-state index in [4.69, 9.17) is 4.74 Å². The first-order valence-electron chi connectivity index (χ1n) is 7.91. The highest BCUT2D eigenvalue weighted by Crippen LogP contribution is 2.22. The molecule has 1 heterocycles. The van der Waals surface area contributed by atoms with Gasteiger partial charge in [0.25, 0.3) is 5.91 Å². The molecule has 1 unspecified atom stereocenters. The Balaban J connectivity index is 1.66. The van der Waals surface area contributed by atoms with Gasteiger partial charge in [-0.15, -0.1) is 0 Å². The third-order valence-corrected chi connectivity index (χ3v) is 4.21. The van der Waals surface area contributed by atoms with Gasteiger partial charge in [-0.05, 0) is 49.7 Å². The molecule has 1 aliphatic rings. The van der Waals surface area contributed by atoms with Gasteiger partial charge in [0, 0.05) is 17.8 Å². The van der Waals surface area contributed by atoms with E-state index in [0.717, 1.165) is 11.3 Å². The predicted octanol–water partition coefficient (Wildman–Crippen LogP) is 2.54. The number of nitrogens with one attached hydrogen (secondary N) is 1. The molecule has 2 aromatic carbocycles. The second kappa shape index (κ2) is 6.74. The van der Waals surface area contributed by atoms with Crippen molar-refractivity contribution >= 4 is 17.5 Å². The average molecular weight is 324 g/mol. The normalized spacial score (nSPS) is 17.0. The van der Waals surface area contributed by atoms with E-state index in [1.807, 2.05) is 31.2 Å². The van der Waals surface area contributed by atoms with Crippen molar-refractivity contribution in [3.63, 3.8) is 0 Å². The maximum atomic E-state index is 12.5. The molecular formula is C19H20N2O3. The first-order chi connectivity index (χ1) is 11.6. The number of nitrogens with zero attached hydrogens (tertiary/aromatic N) is 1. The molecule has 5 nitrogen and oxygen atoms in total. The van der Waals surface area contributed by atoms with Gasteiger partial charge in [-0.1, -0.05) is 17.7 Å². The highest BCUT2D eigenvalue weighted by Gasteiger charge is 2.33. The minimum absolute atomic E-state index is 0.0688. The molecule has 0 aliphatic carbocycles. The van der Waals surface area contributed by atoms with Crippen LogP contribution in [0.25, 0.3) is 0 Å². The van der Waals surface area contributed by atoms with Crippen molar-refractivity contribution < 1.29 is 14.3 Å². The summed E-state index contributed by atoms with van der Waals surface area (Å²) in [5.74, 6) is 0.372. The molecular weight excluding hydrogens is 304 g/mol. The van der Waals surface area contributed by atoms with Crippen LogP contribution in [0.2, 0.25) is 0 Å². The minimum Gasteiger partial charge on any atom is -0.497 e. The summed E-state index contributed by atoms with van der Waals surface area (Å²) >= 11 is 0. The Morgan fingerprint density at radius 3 is 2.42 bits per heavy atom. The van der Waals surface area contributed by atoms with Crippen LogP contribution in [0.3, 0.4) is 0 Å². The summed E-state index contributed by atoms with van der Waals surface area (Å²) in [6.45, 7) is 2.61. The average Bonchev–Trinajstić information content (AvgIpc) is 2.96. The van der Waals surface area contributed by atoms with Crippen LogP contribution in [0.1, 0.15) is 22.3 Å². The van der Waals surface area contributed by atoms with Crippen LogP contribution >= 0.6 is 0 Å². The Labute approximate surface area is 141 Å². The standard InChI is InChI=1S/C19H20N2O3/c1-13-3-7-15(8-4-13)21-12-11-17(19(21)23)20-18(22)14-5-9-16(24-2)10-6-14/h3-10,17H,11-12H2,1-2H3,(H,20,22). The van der Waals surface area contributed by atoms with Gasteiger partial charge in [-0.25, -0.2) is 0 Å². The summed E-state index contributed by atoms with van der Waals surface area (Å²) in [5, 5.41) is 2.82. The number of hydrogen-bond acceptors (Lipinski definition) is 3. The molecule has 3 rings (SSSR count). The van der Waals surface area contributed by atoms with E-state index < -0.39 is 6.04 Å². The fraction of sp³-hybridized carbons (Fsp3) is 0.263. The van der Waals surface area contributed by atoms with Crippen LogP contribution < -0.4 is 15.0 Å². The van der Waals surface area contributed by atoms with Crippen molar-refractivity contribution in [1.82, 2.24) is 5.32 Å². The Kier molecular flexibility index (Phi) is 4.51. The summed E-state index contributed by atoms with van der Waals surface area (Å²) < 4.78 is 5.08. The summed E-state index contributed by atoms with van der Waals surface area (Å²) in [4.78, 5) is 26.6. The Bertz CT molecular complexity index is 738. The van der Waals surface area contributed by atoms with Crippen LogP contribution in [0.15, 0.2) is 48.5 Å². The van der Waals surface area contributed by atoms with E-state index in [-0.39, 0.29) is 11.8 Å². The van der Waals surface area contributed by atoms with Crippen LogP contribution in [0.4, 0.5) is 5.69 Å². The molecule has 1 atom stereocenters. The van der Waals surface area contributed by atoms with Gasteiger partial charge in [0.2, 0.25) is 5.91 Å². The lowest BCUT2D eigenvalue weighted by Crippen LogP contribution is -2.41. The van der Waals surface area contributed by atoms with Crippen molar-refractivity contribution in [2.75, 3.05) is 18.6 Å². The van der Waals surface area contributed by atoms with Crippen molar-refractivity contribution in [2.45, 2.75) is 19.4 Å². The van der Waals surface area contributed by atoms with Gasteiger partial charge in [-0.2, -0.15) is 0 Å². The van der Waals surface area contributed by atoms with Gasteiger partial charge in [0.1, 0.15) is 11.8 Å². The third-order valence-electron chi connectivity index (χ3n) is 4.21. The van der Waals surface area contributed by atoms with Crippen molar-refractivity contribution in [2.24, 2.45) is 0 Å². The summed E-state index contributed by atoms with van der Waals surface area (Å²) in [5.41, 5.74) is 2.53. The van der Waals surface area contributed by atoms with E-state index in [1.54, 1.807) is 36.3 Å². The van der Waals surface area contributed by atoms with E-state index in [1.165, 1.54) is 0 Å². The van der Waals surface area contributed by atoms with Gasteiger partial charge in [0.05, 0.1) is 7.11 Å². The first-order valence-corrected chi connectivity index (χ1v) is 7.91. The van der Waals surface area contributed by atoms with Crippen molar-refractivity contribution in [3.8, 4) is 5.75 Å². The van der Waals surface area contributed by atoms with Gasteiger partial charge >= 0.3 is 0 Å². The largest absolute Gasteiger partial charge is 0.497 e. The molecule has 0 radical (unpaired) electrons. The van der Waals surface area contributed by atoms with Crippen LogP contribution in [-0.2, 0) is 4.79 Å². The fourth-order valence-electron chi connectivity index (χ4n) is 2.78. The Hall–Kier alpha value is -2.82. The second-order valence-corrected chi connectivity index (χ2v) is 5.87. The number of amides is 2. The Morgan fingerprint density at radius 2 is 1.79 bits per heavy atom. The predicted molar refractivity (Wildman–Crippen MR) is 92.4 cm³/mol. The highest BCUT2D eigenvalue weighted by atomic mass is 16.5. The molecule has 2 amide bonds. The number of ether oxygens (including phenoxy) is 1. The summed E-state index contributed by atoms with van der Waals surface area (Å²) in [6.07, 6.45) is 0.606. The lowest BCUT2D eigenvalue weighted by atomic mass is 10.1. The lowest BCUT2D eigenvalue weighted by Gasteiger charge is -2.17. The monoisotopic (exact) mass is 324 g/mol. The summed E-state index contributed by atoms with van der Waals surface area (Å²) in [6, 6.07) is 14.2. The van der Waals surface area contributed by atoms with Gasteiger partial charge in [-0.3, -0.25) is 9.59 Å². The molecule has 1 aliphatic heterocycles. The van der Waals surface area contributed by atoms with E-state index >= 15 is 0 Å². The van der Waals surface area contributed by atoms with E-state index in [9.17, 15) is 9.59 Å². The van der Waals surface area contributed by atoms with Crippen LogP contribution in [-0.4, -0.2) is 31.5 Å². The van der Waals surface area contributed by atoms with Crippen LogP contribution in [0, 0.1) is 6.92 Å². The number of hydrogen-bond donors (Lipinski definition) is 1. The number of aryl methyl sites for hydroxylation is 1. The molecule has 5 heteroatoms. The molecule has 1 fully saturated rings. The zero-order valence-electron chi connectivity index (χ0n) is 13.8. The maximum absolute atomic E-state index is 12.5. The molecule has 1 saturated heterocycles. The number of benzene rings is 2. The molecule has 24 heavy (non-hydrogen) atoms. The van der Waals surface area contributed by atoms with Crippen molar-refractivity contribution in [3.05, 3.63) is 59.7 Å². The Morgan fingerprint density at radius 1 is 1.12 bits per heavy atom. The van der Waals surface area contributed by atoms with E-state index in [2.05, 4.69) is 5.32 Å². The molecule has 0 spiro atoms. The SMILES string of the molecule is COc1ccc(C(=O)NC2CCN(c3ccc(C)cc3)C2=O)cc1. The van der Waals surface area contributed by atoms with E-state index in [0.29, 0.717) is 24.3 Å². The number of carbonyl (C=O) groups excluding carboxylic acids is 2. The summed E-state index contributed by atoms with van der Waals surface area (Å²) in [7, 11) is 1.58. The fourth-order valence-corrected chi connectivity index (χ4v) is 2.78. The van der Waals surface area contributed by atoms with Crippen LogP contribution in [0.5, 0.6) is 5.75 Å². The number of carbonyl (C=O) groups is 2. The van der Waals surface area contributed by atoms with Crippen molar-refractivity contribution in [1.29, 1.82) is 0 Å². The molecule has 0 aromatic heterocycles. The molecule has 2 aromatic rings. The first kappa shape index (κ1) is 16.1. The lowest BCUT2D eigenvalue weighted by molar-refractivity contribution is -0.118. The molecule has 124 valence electrons. The maximum Gasteiger partial charge on any atom is 0.251 e. The zero-order chi connectivity index (χ0) is 17.1. The highest BCUT2D eigenvalue weighted by molar-refractivity contribution is 6.03. The molecule has 1 N–H and O–H groups in total. The zero-order valence-corrected chi connectivity index (χ0v) is 13.8. The van der Waals surface area contributed by atoms with Gasteiger partial charge < -0.3 is 15.0 Å². The van der Waals surface area contributed by atoms with Gasteiger partial charge in [0.15, 0.2) is 0 Å². The molecule has 0 bridgehead atoms. The topological polar surface area (TPSA) is 58.6 Å². The number of anilines is 1. The smallest absolute Gasteiger partial charge is 0.251 e. The molecule has 0 saturated carbocycles. The third kappa shape index (κ3) is 3.25. The number of methoxy groups -OCH3 is 1. The number of rotatable bonds is 4. The quantitative estimate of drug-likeness (QED) is 0.940.